The number of hydrogen-bond donors (Lipinski definition) is 1. The Labute approximate surface area is 120 Å². The van der Waals surface area contributed by atoms with Crippen LogP contribution in [-0.4, -0.2) is 28.4 Å². The summed E-state index contributed by atoms with van der Waals surface area (Å²) < 4.78 is 7.43. The van der Waals surface area contributed by atoms with Crippen molar-refractivity contribution < 1.29 is 9.53 Å². The first-order valence-corrected chi connectivity index (χ1v) is 7.64. The molecular formula is C15H25N3O2. The van der Waals surface area contributed by atoms with Gasteiger partial charge in [-0.3, -0.25) is 9.48 Å². The quantitative estimate of drug-likeness (QED) is 0.835. The zero-order chi connectivity index (χ0) is 14.4. The normalized spacial score (nSPS) is 20.0. The molecule has 1 aliphatic rings. The van der Waals surface area contributed by atoms with Crippen molar-refractivity contribution in [3.05, 3.63) is 12.4 Å². The van der Waals surface area contributed by atoms with Crippen LogP contribution < -0.4 is 5.32 Å². The van der Waals surface area contributed by atoms with Crippen LogP contribution in [0.3, 0.4) is 0 Å². The lowest BCUT2D eigenvalue weighted by atomic mass is 10.0. The third-order valence-electron chi connectivity index (χ3n) is 3.75. The first kappa shape index (κ1) is 15.0. The summed E-state index contributed by atoms with van der Waals surface area (Å²) in [6.07, 6.45) is 9.23. The Morgan fingerprint density at radius 3 is 3.20 bits per heavy atom. The van der Waals surface area contributed by atoms with Crippen LogP contribution in [0, 0.1) is 5.92 Å². The van der Waals surface area contributed by atoms with Gasteiger partial charge in [-0.15, -0.1) is 0 Å². The zero-order valence-corrected chi connectivity index (χ0v) is 12.5. The minimum Gasteiger partial charge on any atom is -0.376 e. The van der Waals surface area contributed by atoms with Gasteiger partial charge in [-0.25, -0.2) is 0 Å². The molecular weight excluding hydrogens is 254 g/mol. The zero-order valence-electron chi connectivity index (χ0n) is 12.5. The third-order valence-corrected chi connectivity index (χ3v) is 3.75. The van der Waals surface area contributed by atoms with Gasteiger partial charge in [0.1, 0.15) is 0 Å². The van der Waals surface area contributed by atoms with E-state index in [1.54, 1.807) is 6.20 Å². The standard InChI is InChI=1S/C15H25N3O2/c1-3-4-6-12(2)15(19)17-13-9-16-18(10-13)11-14-7-5-8-20-14/h9-10,12,14H,3-8,11H2,1-2H3,(H,17,19). The number of unbranched alkanes of at least 4 members (excludes halogenated alkanes) is 1. The Morgan fingerprint density at radius 2 is 2.50 bits per heavy atom. The number of hydrogen-bond acceptors (Lipinski definition) is 3. The maximum absolute atomic E-state index is 12.0. The molecule has 1 saturated heterocycles. The molecule has 5 nitrogen and oxygen atoms in total. The molecule has 0 aromatic carbocycles. The second kappa shape index (κ2) is 7.43. The third kappa shape index (κ3) is 4.34. The summed E-state index contributed by atoms with van der Waals surface area (Å²) in [7, 11) is 0. The SMILES string of the molecule is CCCCC(C)C(=O)Nc1cnn(CC2CCCO2)c1. The summed E-state index contributed by atoms with van der Waals surface area (Å²) in [6, 6.07) is 0. The molecule has 1 N–H and O–H groups in total. The molecule has 1 aromatic rings. The summed E-state index contributed by atoms with van der Waals surface area (Å²) >= 11 is 0. The molecule has 2 heterocycles. The second-order valence-electron chi connectivity index (χ2n) is 5.62. The summed E-state index contributed by atoms with van der Waals surface area (Å²) in [5, 5.41) is 7.21. The van der Waals surface area contributed by atoms with Crippen molar-refractivity contribution >= 4 is 11.6 Å². The van der Waals surface area contributed by atoms with E-state index in [4.69, 9.17) is 4.74 Å². The number of nitrogens with zero attached hydrogens (tertiary/aromatic N) is 2. The van der Waals surface area contributed by atoms with E-state index in [0.717, 1.165) is 50.9 Å². The molecule has 2 unspecified atom stereocenters. The number of amides is 1. The maximum Gasteiger partial charge on any atom is 0.227 e. The van der Waals surface area contributed by atoms with Crippen LogP contribution in [0.5, 0.6) is 0 Å². The van der Waals surface area contributed by atoms with Gasteiger partial charge in [0.15, 0.2) is 0 Å². The Bertz CT molecular complexity index is 425. The molecule has 0 aliphatic carbocycles. The van der Waals surface area contributed by atoms with Crippen LogP contribution in [-0.2, 0) is 16.1 Å². The van der Waals surface area contributed by atoms with E-state index in [0.29, 0.717) is 0 Å². The van der Waals surface area contributed by atoms with Gasteiger partial charge in [0, 0.05) is 18.7 Å². The van der Waals surface area contributed by atoms with Crippen molar-refractivity contribution in [3.8, 4) is 0 Å². The first-order chi connectivity index (χ1) is 9.69. The smallest absolute Gasteiger partial charge is 0.227 e. The van der Waals surface area contributed by atoms with Gasteiger partial charge in [-0.05, 0) is 19.3 Å². The average Bonchev–Trinajstić information content (AvgIpc) is 3.08. The van der Waals surface area contributed by atoms with Gasteiger partial charge < -0.3 is 10.1 Å². The van der Waals surface area contributed by atoms with Crippen LogP contribution in [0.4, 0.5) is 5.69 Å². The lowest BCUT2D eigenvalue weighted by molar-refractivity contribution is -0.119. The van der Waals surface area contributed by atoms with Crippen LogP contribution in [0.1, 0.15) is 46.0 Å². The number of rotatable bonds is 7. The number of carbonyl (C=O) groups is 1. The Hall–Kier alpha value is -1.36. The van der Waals surface area contributed by atoms with Gasteiger partial charge in [0.2, 0.25) is 5.91 Å². The minimum atomic E-state index is 0.0523. The van der Waals surface area contributed by atoms with Crippen molar-refractivity contribution in [1.82, 2.24) is 9.78 Å². The van der Waals surface area contributed by atoms with Crippen molar-refractivity contribution in [2.24, 2.45) is 5.92 Å². The van der Waals surface area contributed by atoms with E-state index in [1.165, 1.54) is 0 Å². The molecule has 1 amide bonds. The van der Waals surface area contributed by atoms with E-state index in [9.17, 15) is 4.79 Å². The van der Waals surface area contributed by atoms with E-state index < -0.39 is 0 Å². The fraction of sp³-hybridized carbons (Fsp3) is 0.733. The van der Waals surface area contributed by atoms with Crippen molar-refractivity contribution in [2.45, 2.75) is 58.6 Å². The molecule has 112 valence electrons. The fourth-order valence-corrected chi connectivity index (χ4v) is 2.43. The molecule has 1 aliphatic heterocycles. The topological polar surface area (TPSA) is 56.2 Å². The molecule has 0 saturated carbocycles. The lowest BCUT2D eigenvalue weighted by Crippen LogP contribution is -2.20. The molecule has 5 heteroatoms. The number of aromatic nitrogens is 2. The first-order valence-electron chi connectivity index (χ1n) is 7.64. The second-order valence-corrected chi connectivity index (χ2v) is 5.62. The summed E-state index contributed by atoms with van der Waals surface area (Å²) in [4.78, 5) is 12.0. The van der Waals surface area contributed by atoms with Gasteiger partial charge in [0.25, 0.3) is 0 Å². The number of nitrogens with one attached hydrogen (secondary N) is 1. The molecule has 2 atom stereocenters. The molecule has 20 heavy (non-hydrogen) atoms. The van der Waals surface area contributed by atoms with Gasteiger partial charge >= 0.3 is 0 Å². The monoisotopic (exact) mass is 279 g/mol. The molecule has 0 bridgehead atoms. The molecule has 0 radical (unpaired) electrons. The van der Waals surface area contributed by atoms with Crippen LogP contribution in [0.2, 0.25) is 0 Å². The van der Waals surface area contributed by atoms with Crippen LogP contribution in [0.15, 0.2) is 12.4 Å². The highest BCUT2D eigenvalue weighted by Crippen LogP contribution is 2.16. The van der Waals surface area contributed by atoms with Gasteiger partial charge in [-0.1, -0.05) is 26.7 Å². The molecule has 0 spiro atoms. The van der Waals surface area contributed by atoms with E-state index in [-0.39, 0.29) is 17.9 Å². The predicted molar refractivity (Wildman–Crippen MR) is 78.5 cm³/mol. The van der Waals surface area contributed by atoms with Gasteiger partial charge in [0.05, 0.1) is 24.5 Å². The fourth-order valence-electron chi connectivity index (χ4n) is 2.43. The number of anilines is 1. The predicted octanol–water partition coefficient (Wildman–Crippen LogP) is 2.83. The summed E-state index contributed by atoms with van der Waals surface area (Å²) in [5.41, 5.74) is 0.774. The Balaban J connectivity index is 1.80. The molecule has 2 rings (SSSR count). The Morgan fingerprint density at radius 1 is 1.65 bits per heavy atom. The number of ether oxygens (including phenoxy) is 1. The molecule has 1 fully saturated rings. The van der Waals surface area contributed by atoms with E-state index in [2.05, 4.69) is 17.3 Å². The van der Waals surface area contributed by atoms with Crippen molar-refractivity contribution in [3.63, 3.8) is 0 Å². The minimum absolute atomic E-state index is 0.0523. The van der Waals surface area contributed by atoms with Crippen LogP contribution >= 0.6 is 0 Å². The highest BCUT2D eigenvalue weighted by molar-refractivity contribution is 5.91. The van der Waals surface area contributed by atoms with E-state index >= 15 is 0 Å². The van der Waals surface area contributed by atoms with E-state index in [1.807, 2.05) is 17.8 Å². The number of carbonyl (C=O) groups excluding carboxylic acids is 1. The largest absolute Gasteiger partial charge is 0.376 e. The summed E-state index contributed by atoms with van der Waals surface area (Å²) in [5.74, 6) is 0.131. The highest BCUT2D eigenvalue weighted by Gasteiger charge is 2.17. The van der Waals surface area contributed by atoms with Crippen LogP contribution in [0.25, 0.3) is 0 Å². The lowest BCUT2D eigenvalue weighted by Gasteiger charge is -2.10. The maximum atomic E-state index is 12.0. The van der Waals surface area contributed by atoms with Crippen molar-refractivity contribution in [1.29, 1.82) is 0 Å². The average molecular weight is 279 g/mol. The van der Waals surface area contributed by atoms with Crippen molar-refractivity contribution in [2.75, 3.05) is 11.9 Å². The highest BCUT2D eigenvalue weighted by atomic mass is 16.5. The van der Waals surface area contributed by atoms with Gasteiger partial charge in [-0.2, -0.15) is 5.10 Å². The summed E-state index contributed by atoms with van der Waals surface area (Å²) in [6.45, 7) is 5.73. The Kier molecular flexibility index (Phi) is 5.59. The molecule has 1 aromatic heterocycles.